The van der Waals surface area contributed by atoms with Crippen molar-refractivity contribution in [1.29, 1.82) is 0 Å². The van der Waals surface area contributed by atoms with Gasteiger partial charge < -0.3 is 69.5 Å². The number of piperidine rings is 1. The minimum atomic E-state index is -5.23. The molecule has 5 aliphatic carbocycles. The number of fused-ring (bicyclic) bond motifs is 3. The molecule has 0 aromatic heterocycles. The number of carbonyl (C=O) groups is 12. The number of rotatable bonds is 14. The average Bonchev–Trinajstić information content (AvgIpc) is 1.36. The van der Waals surface area contributed by atoms with Gasteiger partial charge in [0.1, 0.15) is 78.7 Å². The number of amides is 12. The minimum Gasteiger partial charge on any atom is -0.382 e. The van der Waals surface area contributed by atoms with E-state index in [9.17, 15) is 31.1 Å². The van der Waals surface area contributed by atoms with E-state index < -0.39 is 254 Å². The quantitative estimate of drug-likeness (QED) is 0.113. The van der Waals surface area contributed by atoms with E-state index >= 15 is 61.5 Å². The first-order chi connectivity index (χ1) is 54.0. The van der Waals surface area contributed by atoms with Gasteiger partial charge in [-0.1, -0.05) is 59.1 Å². The molecule has 9 rings (SSSR count). The second kappa shape index (κ2) is 38.6. The molecule has 4 aliphatic heterocycles. The summed E-state index contributed by atoms with van der Waals surface area (Å²) in [6.45, 7) is 8.92. The van der Waals surface area contributed by atoms with Crippen LogP contribution in [0, 0.1) is 40.9 Å². The maximum atomic E-state index is 16.0. The Balaban J connectivity index is 1.14. The van der Waals surface area contributed by atoms with Crippen molar-refractivity contribution in [3.63, 3.8) is 0 Å². The number of likely N-dealkylation sites (N-methyl/N-ethyl adjacent to an activating group) is 5. The standard InChI is InChI=1S/C81H124F8N12O14/c1-13-48(4)67-75(111)100(53-30-31-53)43-65(104)94(8)58-24-16-14-21-35-99(74(58)110)61(38-49-25-28-52(29-26-49)80(84,85)86)72(108)93(7)42-63(102)90-57(32-27-50-36-55(82)66(56(83)37-50)81(87,88)89)71(107)101-41-54(115-47(2)3)39-59(101)70(106)92-79(45-78(5,6)46-79)77(113)97(11)68(51-22-17-18-23-51)76(112)96(10)60(73(109)98-33-19-15-20-34-98)40-64(103)95(9)62(44-114-12)69(105)91-67/h14,16,47-62,66-68H,13,15,17-46H2,1-12H3,(H,90,102)(H,91,105)(H,92,106)/b16-14-/t48-,49?,50?,52?,54+,55?,56?,57-,58-,59-,60-,61-,62-,66?,67-,68-/m0/s1. The number of methoxy groups -OCH3 is 1. The first-order valence-electron chi connectivity index (χ1n) is 41.6. The van der Waals surface area contributed by atoms with E-state index in [0.717, 1.165) is 26.0 Å². The number of carbonyl (C=O) groups excluding carboxylic acids is 12. The molecule has 1 spiro atoms. The molecule has 4 heterocycles. The SMILES string of the molecule is CC[C@H](C)[C@@H]1NC(=O)[C@H](COC)N(C)C(=O)C[C@@H](C(=O)N2CCCCC2)N(C)C(=O)[C@H](C2CCCC2)N(C)C(=O)C2(CC(C)(C)C2)NC(=O)[C@@H]2C[C@@H](OC(C)C)CN2C(=O)[C@H](CCC2CC(F)C(C(F)(F)F)C(F)C2)NC(=O)CN(C)C(=O)[C@H](CC2CCC(C(F)(F)F)CC2)N2CC/C=C\C[C@@H](C2=O)N(C)C(=O)CN(C2CC2)C1=O. The lowest BCUT2D eigenvalue weighted by Gasteiger charge is -2.54. The molecule has 0 aromatic rings. The maximum Gasteiger partial charge on any atom is 0.397 e. The van der Waals surface area contributed by atoms with Crippen LogP contribution >= 0.6 is 0 Å². The third kappa shape index (κ3) is 22.2. The molecule has 12 atom stereocenters. The van der Waals surface area contributed by atoms with Crippen LogP contribution in [0.4, 0.5) is 35.1 Å². The molecule has 2 unspecified atom stereocenters. The van der Waals surface area contributed by atoms with Gasteiger partial charge in [0.05, 0.1) is 37.7 Å². The first-order valence-corrected chi connectivity index (χ1v) is 41.6. The van der Waals surface area contributed by atoms with Crippen LogP contribution in [0.25, 0.3) is 0 Å². The highest BCUT2D eigenvalue weighted by Crippen LogP contribution is 2.51. The Bertz CT molecular complexity index is 3490. The van der Waals surface area contributed by atoms with E-state index in [1.807, 2.05) is 13.8 Å². The molecule has 2 bridgehead atoms. The summed E-state index contributed by atoms with van der Waals surface area (Å²) in [5.41, 5.74) is -2.39. The Morgan fingerprint density at radius 3 is 1.83 bits per heavy atom. The molecule has 3 N–H and O–H groups in total. The van der Waals surface area contributed by atoms with Crippen molar-refractivity contribution in [2.24, 2.45) is 40.9 Å². The number of hydrogen-bond acceptors (Lipinski definition) is 14. The number of likely N-dealkylation sites (tertiary alicyclic amines) is 1. The molecule has 648 valence electrons. The van der Waals surface area contributed by atoms with Crippen LogP contribution in [0.5, 0.6) is 0 Å². The maximum absolute atomic E-state index is 16.0. The van der Waals surface area contributed by atoms with Crippen molar-refractivity contribution >= 4 is 70.9 Å². The van der Waals surface area contributed by atoms with Crippen molar-refractivity contribution in [3.8, 4) is 0 Å². The predicted octanol–water partition coefficient (Wildman–Crippen LogP) is 7.43. The molecular formula is C81H124F8N12O14. The van der Waals surface area contributed by atoms with Gasteiger partial charge in [0.2, 0.25) is 70.9 Å². The molecule has 34 heteroatoms. The summed E-state index contributed by atoms with van der Waals surface area (Å²) in [5, 5.41) is 8.55. The molecular weight excluding hydrogens is 1520 g/mol. The predicted molar refractivity (Wildman–Crippen MR) is 406 cm³/mol. The van der Waals surface area contributed by atoms with Crippen molar-refractivity contribution < 1.29 is 102 Å². The Morgan fingerprint density at radius 2 is 1.25 bits per heavy atom. The molecule has 0 radical (unpaired) electrons. The van der Waals surface area contributed by atoms with Gasteiger partial charge in [-0.25, -0.2) is 8.78 Å². The molecule has 12 amide bonds. The average molecular weight is 1640 g/mol. The van der Waals surface area contributed by atoms with Gasteiger partial charge in [-0.2, -0.15) is 26.3 Å². The number of nitrogens with zero attached hydrogens (tertiary/aromatic N) is 9. The van der Waals surface area contributed by atoms with Crippen LogP contribution in [-0.2, 0) is 67.0 Å². The topological polar surface area (TPSA) is 289 Å². The van der Waals surface area contributed by atoms with Crippen LogP contribution in [-0.4, -0.2) is 300 Å². The second-order valence-corrected chi connectivity index (χ2v) is 35.5. The monoisotopic (exact) mass is 1640 g/mol. The Morgan fingerprint density at radius 1 is 0.617 bits per heavy atom. The summed E-state index contributed by atoms with van der Waals surface area (Å²) in [4.78, 5) is 196. The zero-order chi connectivity index (χ0) is 84.7. The highest BCUT2D eigenvalue weighted by atomic mass is 19.4. The van der Waals surface area contributed by atoms with Gasteiger partial charge in [0.15, 0.2) is 0 Å². The van der Waals surface area contributed by atoms with Gasteiger partial charge in [-0.15, -0.1) is 0 Å². The lowest BCUT2D eigenvalue weighted by molar-refractivity contribution is -0.219. The third-order valence-corrected chi connectivity index (χ3v) is 26.0. The Labute approximate surface area is 670 Å². The summed E-state index contributed by atoms with van der Waals surface area (Å²) >= 11 is 0. The van der Waals surface area contributed by atoms with Gasteiger partial charge in [-0.05, 0) is 171 Å². The smallest absolute Gasteiger partial charge is 0.382 e. The van der Waals surface area contributed by atoms with Gasteiger partial charge >= 0.3 is 12.4 Å². The summed E-state index contributed by atoms with van der Waals surface area (Å²) in [7, 11) is 8.05. The lowest BCUT2D eigenvalue weighted by Crippen LogP contribution is -2.71. The summed E-state index contributed by atoms with van der Waals surface area (Å²) in [6, 6.07) is -12.2. The van der Waals surface area contributed by atoms with Gasteiger partial charge in [0.25, 0.3) is 0 Å². The fraction of sp³-hybridized carbons (Fsp3) is 0.827. The normalized spacial score (nSPS) is 32.7. The van der Waals surface area contributed by atoms with E-state index in [1.165, 1.54) is 61.9 Å². The number of hydrogen-bond donors (Lipinski definition) is 3. The van der Waals surface area contributed by atoms with Gasteiger partial charge in [0, 0.05) is 81.0 Å². The largest absolute Gasteiger partial charge is 0.397 e. The van der Waals surface area contributed by atoms with E-state index in [0.29, 0.717) is 70.9 Å². The van der Waals surface area contributed by atoms with Crippen LogP contribution in [0.15, 0.2) is 12.2 Å². The first kappa shape index (κ1) is 91.6. The highest BCUT2D eigenvalue weighted by Gasteiger charge is 2.60. The van der Waals surface area contributed by atoms with E-state index in [1.54, 1.807) is 44.7 Å². The summed E-state index contributed by atoms with van der Waals surface area (Å²) in [5.74, 6) is -16.8. The number of ether oxygens (including phenoxy) is 2. The van der Waals surface area contributed by atoms with E-state index in [4.69, 9.17) is 9.47 Å². The molecule has 26 nitrogen and oxygen atoms in total. The number of nitrogens with one attached hydrogen (secondary N) is 3. The van der Waals surface area contributed by atoms with Crippen LogP contribution < -0.4 is 16.0 Å². The number of halogens is 8. The number of alkyl halides is 8. The highest BCUT2D eigenvalue weighted by molar-refractivity contribution is 6.01. The van der Waals surface area contributed by atoms with Crippen LogP contribution in [0.1, 0.15) is 202 Å². The fourth-order valence-corrected chi connectivity index (χ4v) is 19.3. The molecule has 3 saturated heterocycles. The lowest BCUT2D eigenvalue weighted by atomic mass is 9.58. The fourth-order valence-electron chi connectivity index (χ4n) is 19.3. The van der Waals surface area contributed by atoms with E-state index in [-0.39, 0.29) is 83.7 Å². The van der Waals surface area contributed by atoms with Crippen LogP contribution in [0.3, 0.4) is 0 Å². The van der Waals surface area contributed by atoms with Crippen LogP contribution in [0.2, 0.25) is 0 Å². The Kier molecular flexibility index (Phi) is 30.8. The third-order valence-electron chi connectivity index (χ3n) is 26.0. The Hall–Kier alpha value is -7.26. The van der Waals surface area contributed by atoms with Crippen molar-refractivity contribution in [3.05, 3.63) is 12.2 Å². The van der Waals surface area contributed by atoms with Crippen molar-refractivity contribution in [2.75, 3.05) is 88.2 Å². The zero-order valence-electron chi connectivity index (χ0n) is 69.0. The molecule has 5 saturated carbocycles. The van der Waals surface area contributed by atoms with E-state index in [2.05, 4.69) is 16.0 Å². The van der Waals surface area contributed by atoms with Crippen molar-refractivity contribution in [1.82, 2.24) is 60.0 Å². The van der Waals surface area contributed by atoms with Gasteiger partial charge in [-0.3, -0.25) is 57.5 Å². The molecule has 0 aromatic carbocycles. The molecule has 9 aliphatic rings. The molecule has 115 heavy (non-hydrogen) atoms. The summed E-state index contributed by atoms with van der Waals surface area (Å²) in [6.07, 6.45) is -11.4. The second-order valence-electron chi connectivity index (χ2n) is 35.5. The summed E-state index contributed by atoms with van der Waals surface area (Å²) < 4.78 is 128. The molecule has 8 fully saturated rings. The minimum absolute atomic E-state index is 0.00693. The van der Waals surface area contributed by atoms with Crippen molar-refractivity contribution in [2.45, 2.75) is 299 Å². The zero-order valence-corrected chi connectivity index (χ0v) is 69.0.